The number of nitrogens with zero attached hydrogens (tertiary/aromatic N) is 2. The molecule has 1 heterocycles. The molecular weight excluding hydrogens is 503 g/mol. The van der Waals surface area contributed by atoms with Gasteiger partial charge in [0, 0.05) is 24.4 Å². The number of para-hydroxylation sites is 1. The smallest absolute Gasteiger partial charge is 0.414 e. The maximum absolute atomic E-state index is 13.5. The number of fused-ring (bicyclic) bond motifs is 2. The highest BCUT2D eigenvalue weighted by Crippen LogP contribution is 2.52. The van der Waals surface area contributed by atoms with Gasteiger partial charge < -0.3 is 14.7 Å². The van der Waals surface area contributed by atoms with Crippen molar-refractivity contribution in [1.82, 2.24) is 4.90 Å². The molecule has 36 heavy (non-hydrogen) atoms. The standard InChI is InChI=1S/C27H28Cl2N2O5/c28-20-11-8-16(14-21(20)29)15-36-27(35)31-22-6-2-1-4-18(22)26(19-5-3-7-23(19)31)30(17-9-10-17)24(32)12-13-25(33)34/h1-2,4,6,8,11,14,17,19,23,26H,3,5,7,9-10,12-13,15H2,(H,33,34). The summed E-state index contributed by atoms with van der Waals surface area (Å²) in [5, 5.41) is 9.97. The summed E-state index contributed by atoms with van der Waals surface area (Å²) in [6.45, 7) is 0.0665. The summed E-state index contributed by atoms with van der Waals surface area (Å²) < 4.78 is 5.73. The van der Waals surface area contributed by atoms with E-state index in [1.807, 2.05) is 29.2 Å². The lowest BCUT2D eigenvalue weighted by Crippen LogP contribution is -2.53. The Balaban J connectivity index is 1.44. The molecule has 2 aromatic carbocycles. The Hall–Kier alpha value is -2.77. The number of rotatable bonds is 7. The van der Waals surface area contributed by atoms with E-state index < -0.39 is 12.1 Å². The predicted molar refractivity (Wildman–Crippen MR) is 136 cm³/mol. The molecular formula is C27H28Cl2N2O5. The molecule has 1 N–H and O–H groups in total. The Bertz CT molecular complexity index is 1180. The van der Waals surface area contributed by atoms with Crippen molar-refractivity contribution in [2.45, 2.75) is 69.7 Å². The first-order valence-corrected chi connectivity index (χ1v) is 13.1. The van der Waals surface area contributed by atoms with Gasteiger partial charge in [0.1, 0.15) is 6.61 Å². The topological polar surface area (TPSA) is 87.2 Å². The van der Waals surface area contributed by atoms with Gasteiger partial charge in [0.05, 0.1) is 28.2 Å². The Morgan fingerprint density at radius 3 is 2.50 bits per heavy atom. The van der Waals surface area contributed by atoms with Crippen molar-refractivity contribution in [1.29, 1.82) is 0 Å². The highest BCUT2D eigenvalue weighted by molar-refractivity contribution is 6.42. The van der Waals surface area contributed by atoms with E-state index in [1.54, 1.807) is 23.1 Å². The van der Waals surface area contributed by atoms with E-state index in [0.29, 0.717) is 10.0 Å². The van der Waals surface area contributed by atoms with Crippen LogP contribution < -0.4 is 4.90 Å². The van der Waals surface area contributed by atoms with Gasteiger partial charge in [0.2, 0.25) is 5.91 Å². The first-order chi connectivity index (χ1) is 17.3. The van der Waals surface area contributed by atoms with Crippen molar-refractivity contribution in [3.8, 4) is 0 Å². The monoisotopic (exact) mass is 530 g/mol. The molecule has 9 heteroatoms. The van der Waals surface area contributed by atoms with Crippen molar-refractivity contribution in [3.05, 3.63) is 63.6 Å². The van der Waals surface area contributed by atoms with E-state index in [1.165, 1.54) is 0 Å². The average Bonchev–Trinajstić information content (AvgIpc) is 3.58. The zero-order chi connectivity index (χ0) is 25.4. The summed E-state index contributed by atoms with van der Waals surface area (Å²) in [5.74, 6) is -1.04. The fourth-order valence-electron chi connectivity index (χ4n) is 5.74. The number of aliphatic carboxylic acids is 1. The van der Waals surface area contributed by atoms with Crippen LogP contribution in [0.25, 0.3) is 0 Å². The minimum Gasteiger partial charge on any atom is -0.481 e. The molecule has 5 rings (SSSR count). The molecule has 190 valence electrons. The molecule has 3 atom stereocenters. The number of amides is 2. The molecule has 2 amide bonds. The van der Waals surface area contributed by atoms with Crippen LogP contribution in [0.3, 0.4) is 0 Å². The molecule has 2 aromatic rings. The van der Waals surface area contributed by atoms with E-state index in [-0.39, 0.29) is 49.4 Å². The SMILES string of the molecule is O=C(O)CCC(=O)N(C1CC1)C1c2ccccc2N(C(=O)OCc2ccc(Cl)c(Cl)c2)C2CCCC21. The van der Waals surface area contributed by atoms with Crippen molar-refractivity contribution in [2.75, 3.05) is 4.90 Å². The van der Waals surface area contributed by atoms with Gasteiger partial charge in [-0.25, -0.2) is 4.79 Å². The van der Waals surface area contributed by atoms with Gasteiger partial charge in [0.15, 0.2) is 0 Å². The van der Waals surface area contributed by atoms with E-state index in [9.17, 15) is 14.4 Å². The number of ether oxygens (including phenoxy) is 1. The quantitative estimate of drug-likeness (QED) is 0.459. The van der Waals surface area contributed by atoms with Gasteiger partial charge in [-0.2, -0.15) is 0 Å². The number of hydrogen-bond acceptors (Lipinski definition) is 4. The fraction of sp³-hybridized carbons (Fsp3) is 0.444. The number of hydrogen-bond donors (Lipinski definition) is 1. The molecule has 0 aromatic heterocycles. The Morgan fingerprint density at radius 1 is 1.00 bits per heavy atom. The third-order valence-corrected chi connectivity index (χ3v) is 8.15. The van der Waals surface area contributed by atoms with Gasteiger partial charge in [-0.3, -0.25) is 14.5 Å². The van der Waals surface area contributed by atoms with Crippen LogP contribution >= 0.6 is 23.2 Å². The molecule has 0 saturated heterocycles. The largest absolute Gasteiger partial charge is 0.481 e. The fourth-order valence-corrected chi connectivity index (χ4v) is 6.06. The first kappa shape index (κ1) is 24.9. The summed E-state index contributed by atoms with van der Waals surface area (Å²) in [6, 6.07) is 12.7. The van der Waals surface area contributed by atoms with E-state index in [2.05, 4.69) is 0 Å². The summed E-state index contributed by atoms with van der Waals surface area (Å²) in [5.41, 5.74) is 2.41. The van der Waals surface area contributed by atoms with Crippen LogP contribution in [0.15, 0.2) is 42.5 Å². The third kappa shape index (κ3) is 4.91. The Labute approximate surface area is 219 Å². The second kappa shape index (κ2) is 10.3. The van der Waals surface area contributed by atoms with Crippen LogP contribution in [0.1, 0.15) is 62.1 Å². The maximum atomic E-state index is 13.5. The molecule has 3 unspecified atom stereocenters. The predicted octanol–water partition coefficient (Wildman–Crippen LogP) is 6.22. The molecule has 0 spiro atoms. The second-order valence-corrected chi connectivity index (χ2v) is 10.6. The summed E-state index contributed by atoms with van der Waals surface area (Å²) in [6.07, 6.45) is 3.86. The van der Waals surface area contributed by atoms with Crippen molar-refractivity contribution >= 4 is 46.9 Å². The van der Waals surface area contributed by atoms with Crippen molar-refractivity contribution < 1.29 is 24.2 Å². The molecule has 2 aliphatic carbocycles. The molecule has 7 nitrogen and oxygen atoms in total. The lowest BCUT2D eigenvalue weighted by molar-refractivity contribution is -0.142. The number of carboxylic acids is 1. The second-order valence-electron chi connectivity index (χ2n) is 9.76. The minimum atomic E-state index is -0.974. The lowest BCUT2D eigenvalue weighted by atomic mass is 9.81. The molecule has 0 bridgehead atoms. The van der Waals surface area contributed by atoms with Crippen LogP contribution in [0.2, 0.25) is 10.0 Å². The number of carbonyl (C=O) groups excluding carboxylic acids is 2. The zero-order valence-electron chi connectivity index (χ0n) is 19.7. The van der Waals surface area contributed by atoms with E-state index >= 15 is 0 Å². The summed E-state index contributed by atoms with van der Waals surface area (Å²) in [4.78, 5) is 41.6. The molecule has 1 aliphatic heterocycles. The molecule has 2 fully saturated rings. The zero-order valence-corrected chi connectivity index (χ0v) is 21.3. The number of anilines is 1. The van der Waals surface area contributed by atoms with Crippen LogP contribution in [0.5, 0.6) is 0 Å². The van der Waals surface area contributed by atoms with Gasteiger partial charge in [-0.1, -0.05) is 53.9 Å². The highest BCUT2D eigenvalue weighted by Gasteiger charge is 2.51. The van der Waals surface area contributed by atoms with E-state index in [0.717, 1.165) is 48.9 Å². The van der Waals surface area contributed by atoms with Gasteiger partial charge in [0.25, 0.3) is 0 Å². The summed E-state index contributed by atoms with van der Waals surface area (Å²) >= 11 is 12.1. The first-order valence-electron chi connectivity index (χ1n) is 12.4. The molecule has 3 aliphatic rings. The minimum absolute atomic E-state index is 0.0166. The van der Waals surface area contributed by atoms with Crippen LogP contribution in [-0.4, -0.2) is 40.1 Å². The van der Waals surface area contributed by atoms with Gasteiger partial charge in [-0.05, 0) is 55.0 Å². The van der Waals surface area contributed by atoms with Crippen LogP contribution in [0, 0.1) is 5.92 Å². The van der Waals surface area contributed by atoms with E-state index in [4.69, 9.17) is 33.0 Å². The van der Waals surface area contributed by atoms with Crippen LogP contribution in [-0.2, 0) is 20.9 Å². The lowest BCUT2D eigenvalue weighted by Gasteiger charge is -2.47. The van der Waals surface area contributed by atoms with Crippen molar-refractivity contribution in [3.63, 3.8) is 0 Å². The number of halogens is 2. The van der Waals surface area contributed by atoms with Gasteiger partial charge in [-0.15, -0.1) is 0 Å². The summed E-state index contributed by atoms with van der Waals surface area (Å²) in [7, 11) is 0. The Morgan fingerprint density at radius 2 is 1.78 bits per heavy atom. The molecule has 0 radical (unpaired) electrons. The normalized spacial score (nSPS) is 22.5. The number of carbonyl (C=O) groups is 3. The average molecular weight is 531 g/mol. The highest BCUT2D eigenvalue weighted by atomic mass is 35.5. The third-order valence-electron chi connectivity index (χ3n) is 7.41. The number of carboxylic acid groups (broad SMARTS) is 1. The number of benzene rings is 2. The van der Waals surface area contributed by atoms with Gasteiger partial charge >= 0.3 is 12.1 Å². The van der Waals surface area contributed by atoms with Crippen molar-refractivity contribution in [2.24, 2.45) is 5.92 Å². The Kier molecular flexibility index (Phi) is 7.13. The van der Waals surface area contributed by atoms with Crippen LogP contribution in [0.4, 0.5) is 10.5 Å². The molecule has 2 saturated carbocycles. The maximum Gasteiger partial charge on any atom is 0.414 e.